The number of aromatic hydroxyl groups is 1. The predicted molar refractivity (Wildman–Crippen MR) is 190 cm³/mol. The minimum absolute atomic E-state index is 0.0604. The average Bonchev–Trinajstić information content (AvgIpc) is 3.40. The molecule has 2 fully saturated rings. The van der Waals surface area contributed by atoms with Gasteiger partial charge in [-0.15, -0.1) is 0 Å². The number of phenols is 1. The molecule has 284 valence electrons. The highest BCUT2D eigenvalue weighted by Crippen LogP contribution is 2.52. The number of allylic oxidation sites excluding steroid dienone is 1. The Kier molecular flexibility index (Phi) is 10.4. The predicted octanol–water partition coefficient (Wildman–Crippen LogP) is 8.23. The summed E-state index contributed by atoms with van der Waals surface area (Å²) in [7, 11) is -1.41. The van der Waals surface area contributed by atoms with E-state index in [-0.39, 0.29) is 37.6 Å². The van der Waals surface area contributed by atoms with Gasteiger partial charge in [-0.25, -0.2) is 4.90 Å². The van der Waals surface area contributed by atoms with E-state index in [4.69, 9.17) is 9.39 Å². The zero-order chi connectivity index (χ0) is 39.1. The molecule has 7 rings (SSSR count). The average molecular weight is 763 g/mol. The van der Waals surface area contributed by atoms with Crippen molar-refractivity contribution in [3.63, 3.8) is 0 Å². The van der Waals surface area contributed by atoms with E-state index in [9.17, 15) is 46.1 Å². The number of rotatable bonds is 9. The van der Waals surface area contributed by atoms with Gasteiger partial charge in [-0.3, -0.25) is 14.6 Å². The van der Waals surface area contributed by atoms with E-state index in [1.165, 1.54) is 6.07 Å². The SMILES string of the molecule is O=C1[C@@H]2[C@@H](CC(COc3ccccc3)=C3[C@@H](CC/C(=C/c4cccc(O)c4)c4ccccn4)OB(O)C[C@@H]32)C(=O)N1c1cc(C(F)(F)F)cc(C(F)(F)F)c1. The monoisotopic (exact) mass is 762 g/mol. The largest absolute Gasteiger partial charge is 0.508 e. The lowest BCUT2D eigenvalue weighted by molar-refractivity contribution is -0.143. The summed E-state index contributed by atoms with van der Waals surface area (Å²) in [6, 6.07) is 21.4. The van der Waals surface area contributed by atoms with Crippen molar-refractivity contribution in [3.05, 3.63) is 131 Å². The van der Waals surface area contributed by atoms with Gasteiger partial charge in [0.2, 0.25) is 11.8 Å². The van der Waals surface area contributed by atoms with Crippen molar-refractivity contribution in [2.24, 2.45) is 17.8 Å². The number of ether oxygens (including phenoxy) is 1. The van der Waals surface area contributed by atoms with E-state index in [2.05, 4.69) is 4.98 Å². The summed E-state index contributed by atoms with van der Waals surface area (Å²) < 4.78 is 95.2. The summed E-state index contributed by atoms with van der Waals surface area (Å²) in [4.78, 5) is 33.2. The van der Waals surface area contributed by atoms with Crippen LogP contribution in [-0.4, -0.2) is 46.8 Å². The van der Waals surface area contributed by atoms with Gasteiger partial charge in [0, 0.05) is 6.20 Å². The van der Waals surface area contributed by atoms with Gasteiger partial charge >= 0.3 is 19.5 Å². The highest BCUT2D eigenvalue weighted by atomic mass is 19.4. The molecule has 3 heterocycles. The number of para-hydroxylation sites is 1. The first-order chi connectivity index (χ1) is 26.2. The number of nitrogens with zero attached hydrogens (tertiary/aromatic N) is 2. The lowest BCUT2D eigenvalue weighted by Gasteiger charge is -2.43. The number of aromatic nitrogens is 1. The molecule has 55 heavy (non-hydrogen) atoms. The van der Waals surface area contributed by atoms with Crippen molar-refractivity contribution in [2.75, 3.05) is 11.5 Å². The molecule has 4 aromatic rings. The molecule has 0 saturated carbocycles. The van der Waals surface area contributed by atoms with Crippen LogP contribution in [0.25, 0.3) is 11.6 Å². The first-order valence-electron chi connectivity index (χ1n) is 17.5. The Morgan fingerprint density at radius 1 is 0.891 bits per heavy atom. The van der Waals surface area contributed by atoms with E-state index in [1.54, 1.807) is 60.8 Å². The number of hydrogen-bond acceptors (Lipinski definition) is 7. The molecular weight excluding hydrogens is 729 g/mol. The summed E-state index contributed by atoms with van der Waals surface area (Å²) in [5.41, 5.74) is -0.911. The maximum Gasteiger partial charge on any atom is 0.455 e. The lowest BCUT2D eigenvalue weighted by atomic mass is 9.58. The molecule has 2 aliphatic heterocycles. The standard InChI is InChI=1S/C40H33BF6N2O6/c42-39(43,44)26-18-27(40(45,46)47)20-28(19-26)49-37(51)31-17-25(22-54-30-9-2-1-3-10-30)35-32(36(31)38(49)52)21-41(53)55-34(35)13-12-24(33-11-4-5-14-48-33)15-23-7-6-8-29(50)16-23/h1-11,14-16,18-20,31-32,34,36,50,53H,12-13,17,21-22H2/b24-15-/t31-,32+,34-,36-/m1/s1. The fraction of sp³-hybridized carbons (Fsp3) is 0.275. The first kappa shape index (κ1) is 37.9. The van der Waals surface area contributed by atoms with E-state index in [0.717, 1.165) is 5.57 Å². The zero-order valence-corrected chi connectivity index (χ0v) is 28.9. The van der Waals surface area contributed by atoms with Crippen molar-refractivity contribution >= 4 is 36.3 Å². The highest BCUT2D eigenvalue weighted by Gasteiger charge is 2.58. The normalized spacial score (nSPS) is 21.8. The van der Waals surface area contributed by atoms with Crippen LogP contribution in [-0.2, 0) is 26.6 Å². The highest BCUT2D eigenvalue weighted by molar-refractivity contribution is 6.43. The maximum absolute atomic E-state index is 14.2. The second-order valence-corrected chi connectivity index (χ2v) is 13.7. The number of pyridine rings is 1. The zero-order valence-electron chi connectivity index (χ0n) is 28.9. The number of carbonyl (C=O) groups is 2. The molecule has 0 spiro atoms. The summed E-state index contributed by atoms with van der Waals surface area (Å²) in [6.07, 6.45) is -7.43. The Bertz CT molecular complexity index is 2110. The summed E-state index contributed by atoms with van der Waals surface area (Å²) in [5, 5.41) is 21.2. The van der Waals surface area contributed by atoms with Crippen LogP contribution in [0.3, 0.4) is 0 Å². The number of halogens is 6. The molecule has 3 aromatic carbocycles. The van der Waals surface area contributed by atoms with Gasteiger partial charge in [-0.1, -0.05) is 36.4 Å². The number of hydrogen-bond donors (Lipinski definition) is 2. The molecule has 2 saturated heterocycles. The topological polar surface area (TPSA) is 109 Å². The number of amides is 2. The van der Waals surface area contributed by atoms with Gasteiger partial charge in [-0.05, 0) is 114 Å². The number of imide groups is 1. The van der Waals surface area contributed by atoms with Gasteiger partial charge < -0.3 is 19.5 Å². The maximum atomic E-state index is 14.2. The van der Waals surface area contributed by atoms with E-state index >= 15 is 0 Å². The molecule has 1 aliphatic carbocycles. The van der Waals surface area contributed by atoms with Crippen LogP contribution in [0.4, 0.5) is 32.0 Å². The molecule has 0 unspecified atom stereocenters. The Labute approximate surface area is 311 Å². The summed E-state index contributed by atoms with van der Waals surface area (Å²) in [6.45, 7) is -0.0650. The van der Waals surface area contributed by atoms with Crippen LogP contribution < -0.4 is 9.64 Å². The minimum Gasteiger partial charge on any atom is -0.508 e. The quantitative estimate of drug-likeness (QED) is 0.0766. The fourth-order valence-electron chi connectivity index (χ4n) is 7.83. The van der Waals surface area contributed by atoms with Crippen molar-refractivity contribution in [2.45, 2.75) is 44.0 Å². The number of phenolic OH excluding ortho intramolecular Hbond substituents is 1. The molecule has 2 amide bonds. The molecule has 3 aliphatic rings. The Balaban J connectivity index is 1.27. The summed E-state index contributed by atoms with van der Waals surface area (Å²) in [5.74, 6) is -4.56. The van der Waals surface area contributed by atoms with Gasteiger partial charge in [-0.2, -0.15) is 26.3 Å². The minimum atomic E-state index is -5.20. The molecule has 1 aromatic heterocycles. The molecule has 2 N–H and O–H groups in total. The smallest absolute Gasteiger partial charge is 0.455 e. The number of fused-ring (bicyclic) bond motifs is 3. The van der Waals surface area contributed by atoms with Gasteiger partial charge in [0.25, 0.3) is 0 Å². The van der Waals surface area contributed by atoms with Crippen molar-refractivity contribution in [1.29, 1.82) is 0 Å². The van der Waals surface area contributed by atoms with Gasteiger partial charge in [0.15, 0.2) is 0 Å². The second-order valence-electron chi connectivity index (χ2n) is 13.7. The molecule has 15 heteroatoms. The molecule has 0 radical (unpaired) electrons. The van der Waals surface area contributed by atoms with Crippen molar-refractivity contribution < 1.29 is 55.5 Å². The Morgan fingerprint density at radius 3 is 2.25 bits per heavy atom. The van der Waals surface area contributed by atoms with E-state index in [0.29, 0.717) is 51.6 Å². The second kappa shape index (κ2) is 15.0. The van der Waals surface area contributed by atoms with Crippen LogP contribution in [0.2, 0.25) is 6.32 Å². The van der Waals surface area contributed by atoms with Crippen LogP contribution in [0.5, 0.6) is 11.5 Å². The van der Waals surface area contributed by atoms with Crippen LogP contribution in [0, 0.1) is 17.8 Å². The number of benzene rings is 3. The Morgan fingerprint density at radius 2 is 1.60 bits per heavy atom. The number of alkyl halides is 6. The number of anilines is 1. The molecule has 0 bridgehead atoms. The third-order valence-electron chi connectivity index (χ3n) is 10.2. The first-order valence-corrected chi connectivity index (χ1v) is 17.5. The third-order valence-corrected chi connectivity index (χ3v) is 10.2. The van der Waals surface area contributed by atoms with E-state index in [1.807, 2.05) is 18.2 Å². The fourth-order valence-corrected chi connectivity index (χ4v) is 7.83. The molecule has 8 nitrogen and oxygen atoms in total. The molecular formula is C40H33BF6N2O6. The molecule has 4 atom stereocenters. The van der Waals surface area contributed by atoms with Crippen LogP contribution in [0.15, 0.2) is 108 Å². The number of carbonyl (C=O) groups excluding carboxylic acids is 2. The van der Waals surface area contributed by atoms with Gasteiger partial charge in [0.05, 0.1) is 40.4 Å². The van der Waals surface area contributed by atoms with Crippen molar-refractivity contribution in [3.8, 4) is 11.5 Å². The lowest BCUT2D eigenvalue weighted by Crippen LogP contribution is -2.46. The Hall–Kier alpha value is -5.41. The van der Waals surface area contributed by atoms with Crippen molar-refractivity contribution in [1.82, 2.24) is 4.98 Å². The van der Waals surface area contributed by atoms with Crippen LogP contribution >= 0.6 is 0 Å². The van der Waals surface area contributed by atoms with Crippen LogP contribution in [0.1, 0.15) is 41.6 Å². The third kappa shape index (κ3) is 8.03. The summed E-state index contributed by atoms with van der Waals surface area (Å²) >= 11 is 0. The van der Waals surface area contributed by atoms with E-state index < -0.39 is 72.0 Å². The van der Waals surface area contributed by atoms with Gasteiger partial charge in [0.1, 0.15) is 18.1 Å².